The van der Waals surface area contributed by atoms with Gasteiger partial charge in [0.2, 0.25) is 11.7 Å². The van der Waals surface area contributed by atoms with Gasteiger partial charge in [-0.3, -0.25) is 18.6 Å². The maximum Gasteiger partial charge on any atom is 0.263 e. The smallest absolute Gasteiger partial charge is 0.263 e. The van der Waals surface area contributed by atoms with Crippen LogP contribution >= 0.6 is 23.1 Å². The molecule has 166 valence electrons. The van der Waals surface area contributed by atoms with E-state index in [1.54, 1.807) is 15.9 Å². The quantitative estimate of drug-likeness (QED) is 0.358. The molecule has 1 atom stereocenters. The van der Waals surface area contributed by atoms with Crippen LogP contribution in [0.15, 0.2) is 82.1 Å². The highest BCUT2D eigenvalue weighted by molar-refractivity contribution is 7.99. The van der Waals surface area contributed by atoms with E-state index in [1.165, 1.54) is 11.8 Å². The van der Waals surface area contributed by atoms with Crippen LogP contribution in [-0.2, 0) is 11.3 Å². The summed E-state index contributed by atoms with van der Waals surface area (Å²) in [5, 5.41) is 14.8. The summed E-state index contributed by atoms with van der Waals surface area (Å²) < 4.78 is 3.49. The first-order valence-electron chi connectivity index (χ1n) is 10.5. The van der Waals surface area contributed by atoms with Gasteiger partial charge in [-0.15, -0.1) is 21.5 Å². The second kappa shape index (κ2) is 9.21. The van der Waals surface area contributed by atoms with Crippen LogP contribution in [0, 0.1) is 0 Å². The molecule has 5 aromatic rings. The van der Waals surface area contributed by atoms with Gasteiger partial charge in [-0.2, -0.15) is 0 Å². The summed E-state index contributed by atoms with van der Waals surface area (Å²) >= 11 is 2.92. The molecule has 3 aromatic heterocycles. The van der Waals surface area contributed by atoms with Crippen molar-refractivity contribution >= 4 is 45.7 Å². The molecule has 5 rings (SSSR count). The highest BCUT2D eigenvalue weighted by atomic mass is 32.2. The minimum Gasteiger partial charge on any atom is -0.348 e. The van der Waals surface area contributed by atoms with Crippen molar-refractivity contribution in [1.82, 2.24) is 24.5 Å². The third-order valence-corrected chi connectivity index (χ3v) is 7.33. The number of hydrogen-bond acceptors (Lipinski definition) is 6. The molecule has 33 heavy (non-hydrogen) atoms. The third-order valence-electron chi connectivity index (χ3n) is 5.34. The monoisotopic (exact) mass is 475 g/mol. The number of fused-ring (bicyclic) bond motifs is 3. The summed E-state index contributed by atoms with van der Waals surface area (Å²) in [5.41, 5.74) is 1.60. The van der Waals surface area contributed by atoms with E-state index in [1.807, 2.05) is 83.4 Å². The van der Waals surface area contributed by atoms with E-state index in [0.29, 0.717) is 22.9 Å². The number of nitrogens with one attached hydrogen (secondary N) is 1. The van der Waals surface area contributed by atoms with Gasteiger partial charge in [0.15, 0.2) is 5.16 Å². The topological polar surface area (TPSA) is 81.3 Å². The number of hydrogen-bond donors (Lipinski definition) is 1. The molecule has 0 aliphatic heterocycles. The number of amides is 1. The number of thioether (sulfide) groups is 1. The Morgan fingerprint density at radius 3 is 2.64 bits per heavy atom. The van der Waals surface area contributed by atoms with Gasteiger partial charge in [0.1, 0.15) is 0 Å². The SMILES string of the molecule is CC(NC(=O)CSc1nnc2n(Cc3ccccc3)c(=O)c3ccccc3n12)c1cccs1. The fourth-order valence-electron chi connectivity index (χ4n) is 3.76. The number of thiophene rings is 1. The molecule has 2 aromatic carbocycles. The molecule has 0 aliphatic rings. The number of benzene rings is 2. The maximum absolute atomic E-state index is 13.3. The highest BCUT2D eigenvalue weighted by Gasteiger charge is 2.18. The Morgan fingerprint density at radius 2 is 1.85 bits per heavy atom. The number of rotatable bonds is 7. The van der Waals surface area contributed by atoms with E-state index in [0.717, 1.165) is 16.0 Å². The van der Waals surface area contributed by atoms with Gasteiger partial charge < -0.3 is 5.32 Å². The zero-order valence-electron chi connectivity index (χ0n) is 17.8. The largest absolute Gasteiger partial charge is 0.348 e. The van der Waals surface area contributed by atoms with Crippen molar-refractivity contribution in [1.29, 1.82) is 0 Å². The van der Waals surface area contributed by atoms with Gasteiger partial charge in [-0.25, -0.2) is 0 Å². The van der Waals surface area contributed by atoms with Crippen molar-refractivity contribution in [3.8, 4) is 0 Å². The number of nitrogens with zero attached hydrogens (tertiary/aromatic N) is 4. The van der Waals surface area contributed by atoms with Crippen molar-refractivity contribution in [3.63, 3.8) is 0 Å². The maximum atomic E-state index is 13.3. The van der Waals surface area contributed by atoms with E-state index < -0.39 is 0 Å². The van der Waals surface area contributed by atoms with Crippen molar-refractivity contribution in [3.05, 3.63) is 92.9 Å². The van der Waals surface area contributed by atoms with E-state index >= 15 is 0 Å². The standard InChI is InChI=1S/C24H21N5O2S2/c1-16(20-12-7-13-32-20)25-21(30)15-33-24-27-26-23-28(14-17-8-3-2-4-9-17)22(31)18-10-5-6-11-19(18)29(23)24/h2-13,16H,14-15H2,1H3,(H,25,30). The Bertz CT molecular complexity index is 1480. The first-order chi connectivity index (χ1) is 16.1. The zero-order chi connectivity index (χ0) is 22.8. The van der Waals surface area contributed by atoms with Crippen LogP contribution in [0.1, 0.15) is 23.4 Å². The van der Waals surface area contributed by atoms with Crippen molar-refractivity contribution < 1.29 is 4.79 Å². The van der Waals surface area contributed by atoms with E-state index in [4.69, 9.17) is 0 Å². The minimum atomic E-state index is -0.117. The molecule has 1 amide bonds. The molecule has 0 saturated carbocycles. The molecule has 7 nitrogen and oxygen atoms in total. The Balaban J connectivity index is 1.48. The average molecular weight is 476 g/mol. The summed E-state index contributed by atoms with van der Waals surface area (Å²) in [6.07, 6.45) is 0. The van der Waals surface area contributed by atoms with Gasteiger partial charge in [0.05, 0.1) is 29.2 Å². The first kappa shape index (κ1) is 21.4. The third kappa shape index (κ3) is 4.29. The number of carbonyl (C=O) groups is 1. The second-order valence-electron chi connectivity index (χ2n) is 7.61. The van der Waals surface area contributed by atoms with Crippen LogP contribution in [0.5, 0.6) is 0 Å². The molecule has 3 heterocycles. The Kier molecular flexibility index (Phi) is 5.97. The van der Waals surface area contributed by atoms with Gasteiger partial charge >= 0.3 is 0 Å². The summed E-state index contributed by atoms with van der Waals surface area (Å²) in [7, 11) is 0. The molecule has 1 N–H and O–H groups in total. The molecule has 0 aliphatic carbocycles. The summed E-state index contributed by atoms with van der Waals surface area (Å²) in [6.45, 7) is 2.35. The molecule has 9 heteroatoms. The number of aromatic nitrogens is 4. The lowest BCUT2D eigenvalue weighted by atomic mass is 10.2. The van der Waals surface area contributed by atoms with Crippen molar-refractivity contribution in [2.24, 2.45) is 0 Å². The predicted octanol–water partition coefficient (Wildman–Crippen LogP) is 4.12. The predicted molar refractivity (Wildman–Crippen MR) is 132 cm³/mol. The number of para-hydroxylation sites is 1. The lowest BCUT2D eigenvalue weighted by molar-refractivity contribution is -0.119. The Hall–Kier alpha value is -3.43. The molecular weight excluding hydrogens is 454 g/mol. The van der Waals surface area contributed by atoms with Crippen LogP contribution in [0.2, 0.25) is 0 Å². The summed E-state index contributed by atoms with van der Waals surface area (Å²) in [5.74, 6) is 0.569. The molecule has 0 saturated heterocycles. The van der Waals surface area contributed by atoms with Crippen molar-refractivity contribution in [2.45, 2.75) is 24.7 Å². The Labute approximate surface area is 198 Å². The molecule has 0 fully saturated rings. The van der Waals surface area contributed by atoms with Gasteiger partial charge in [0, 0.05) is 4.88 Å². The Morgan fingerprint density at radius 1 is 1.06 bits per heavy atom. The minimum absolute atomic E-state index is 0.0508. The fourth-order valence-corrected chi connectivity index (χ4v) is 5.24. The molecule has 0 radical (unpaired) electrons. The van der Waals surface area contributed by atoms with E-state index in [9.17, 15) is 9.59 Å². The normalized spacial score (nSPS) is 12.3. The molecular formula is C24H21N5O2S2. The fraction of sp³-hybridized carbons (Fsp3) is 0.167. The molecule has 1 unspecified atom stereocenters. The van der Waals surface area contributed by atoms with Crippen molar-refractivity contribution in [2.75, 3.05) is 5.75 Å². The summed E-state index contributed by atoms with van der Waals surface area (Å²) in [6, 6.07) is 21.1. The lowest BCUT2D eigenvalue weighted by Gasteiger charge is -2.12. The second-order valence-corrected chi connectivity index (χ2v) is 9.53. The van der Waals surface area contributed by atoms with Crippen LogP contribution in [-0.4, -0.2) is 30.8 Å². The molecule has 0 bridgehead atoms. The highest BCUT2D eigenvalue weighted by Crippen LogP contribution is 2.23. The first-order valence-corrected chi connectivity index (χ1v) is 12.3. The summed E-state index contributed by atoms with van der Waals surface area (Å²) in [4.78, 5) is 26.9. The van der Waals surface area contributed by atoms with E-state index in [-0.39, 0.29) is 23.3 Å². The van der Waals surface area contributed by atoms with E-state index in [2.05, 4.69) is 15.5 Å². The van der Waals surface area contributed by atoms with Crippen LogP contribution in [0.4, 0.5) is 0 Å². The van der Waals surface area contributed by atoms with Gasteiger partial charge in [0.25, 0.3) is 5.56 Å². The van der Waals surface area contributed by atoms with Gasteiger partial charge in [-0.05, 0) is 36.1 Å². The van der Waals surface area contributed by atoms with Crippen LogP contribution in [0.3, 0.4) is 0 Å². The average Bonchev–Trinajstić information content (AvgIpc) is 3.52. The zero-order valence-corrected chi connectivity index (χ0v) is 19.5. The van der Waals surface area contributed by atoms with Crippen LogP contribution in [0.25, 0.3) is 16.7 Å². The molecule has 0 spiro atoms. The lowest BCUT2D eigenvalue weighted by Crippen LogP contribution is -2.27. The number of carbonyl (C=O) groups excluding carboxylic acids is 1. The van der Waals surface area contributed by atoms with Gasteiger partial charge in [-0.1, -0.05) is 60.3 Å². The van der Waals surface area contributed by atoms with Crippen LogP contribution < -0.4 is 10.9 Å².